The standard InChI is InChI=1S/C11H26N2O/c1-6-13(7-2)9-8-12-11(4,5)10(3)14/h10,12,14H,6-9H2,1-5H3. The largest absolute Gasteiger partial charge is 0.392 e. The Kier molecular flexibility index (Phi) is 6.33. The van der Waals surface area contributed by atoms with Crippen molar-refractivity contribution in [2.75, 3.05) is 26.2 Å². The van der Waals surface area contributed by atoms with E-state index in [1.165, 1.54) is 0 Å². The molecule has 14 heavy (non-hydrogen) atoms. The average molecular weight is 202 g/mol. The van der Waals surface area contributed by atoms with E-state index in [4.69, 9.17) is 0 Å². The van der Waals surface area contributed by atoms with Crippen LogP contribution >= 0.6 is 0 Å². The van der Waals surface area contributed by atoms with Gasteiger partial charge in [-0.05, 0) is 33.9 Å². The molecule has 0 saturated carbocycles. The maximum absolute atomic E-state index is 9.48. The SMILES string of the molecule is CCN(CC)CCNC(C)(C)C(C)O. The van der Waals surface area contributed by atoms with Crippen LogP contribution in [0.3, 0.4) is 0 Å². The van der Waals surface area contributed by atoms with E-state index in [-0.39, 0.29) is 11.6 Å². The predicted molar refractivity (Wildman–Crippen MR) is 61.6 cm³/mol. The van der Waals surface area contributed by atoms with Gasteiger partial charge < -0.3 is 15.3 Å². The first-order valence-electron chi connectivity index (χ1n) is 5.59. The Morgan fingerprint density at radius 2 is 1.79 bits per heavy atom. The second-order valence-corrected chi connectivity index (χ2v) is 4.35. The third-order valence-electron chi connectivity index (χ3n) is 2.95. The minimum absolute atomic E-state index is 0.187. The fraction of sp³-hybridized carbons (Fsp3) is 1.00. The summed E-state index contributed by atoms with van der Waals surface area (Å²) in [4.78, 5) is 2.37. The lowest BCUT2D eigenvalue weighted by atomic mass is 9.99. The summed E-state index contributed by atoms with van der Waals surface area (Å²) in [5, 5.41) is 12.8. The van der Waals surface area contributed by atoms with Gasteiger partial charge in [0.2, 0.25) is 0 Å². The van der Waals surface area contributed by atoms with Gasteiger partial charge in [0.15, 0.2) is 0 Å². The number of hydrogen-bond acceptors (Lipinski definition) is 3. The second-order valence-electron chi connectivity index (χ2n) is 4.35. The molecule has 0 radical (unpaired) electrons. The van der Waals surface area contributed by atoms with E-state index < -0.39 is 0 Å². The minimum Gasteiger partial charge on any atom is -0.392 e. The summed E-state index contributed by atoms with van der Waals surface area (Å²) in [6.07, 6.45) is -0.320. The Morgan fingerprint density at radius 3 is 2.14 bits per heavy atom. The zero-order chi connectivity index (χ0) is 11.2. The molecule has 0 aliphatic rings. The predicted octanol–water partition coefficient (Wildman–Crippen LogP) is 1.08. The molecule has 0 aromatic carbocycles. The molecule has 0 bridgehead atoms. The molecule has 1 unspecified atom stereocenters. The fourth-order valence-electron chi connectivity index (χ4n) is 1.22. The van der Waals surface area contributed by atoms with Crippen molar-refractivity contribution >= 4 is 0 Å². The number of likely N-dealkylation sites (N-methyl/N-ethyl adjacent to an activating group) is 1. The Balaban J connectivity index is 3.72. The molecule has 2 N–H and O–H groups in total. The van der Waals surface area contributed by atoms with Gasteiger partial charge in [-0.15, -0.1) is 0 Å². The van der Waals surface area contributed by atoms with Gasteiger partial charge in [-0.2, -0.15) is 0 Å². The topological polar surface area (TPSA) is 35.5 Å². The van der Waals surface area contributed by atoms with Crippen LogP contribution in [0.25, 0.3) is 0 Å². The molecule has 0 aromatic rings. The van der Waals surface area contributed by atoms with Crippen molar-refractivity contribution in [2.24, 2.45) is 0 Å². The molecule has 86 valence electrons. The maximum atomic E-state index is 9.48. The van der Waals surface area contributed by atoms with Crippen LogP contribution in [0.2, 0.25) is 0 Å². The lowest BCUT2D eigenvalue weighted by Crippen LogP contribution is -2.50. The van der Waals surface area contributed by atoms with Crippen LogP contribution in [0, 0.1) is 0 Å². The lowest BCUT2D eigenvalue weighted by molar-refractivity contribution is 0.0945. The zero-order valence-electron chi connectivity index (χ0n) is 10.3. The number of rotatable bonds is 7. The summed E-state index contributed by atoms with van der Waals surface area (Å²) in [5.74, 6) is 0. The van der Waals surface area contributed by atoms with Gasteiger partial charge >= 0.3 is 0 Å². The molecule has 0 spiro atoms. The molecule has 0 aliphatic carbocycles. The highest BCUT2D eigenvalue weighted by molar-refractivity contribution is 4.83. The smallest absolute Gasteiger partial charge is 0.0688 e. The van der Waals surface area contributed by atoms with E-state index in [0.29, 0.717) is 0 Å². The van der Waals surface area contributed by atoms with Crippen LogP contribution in [-0.4, -0.2) is 47.8 Å². The highest BCUT2D eigenvalue weighted by Crippen LogP contribution is 2.07. The molecule has 0 saturated heterocycles. The van der Waals surface area contributed by atoms with Crippen LogP contribution in [0.1, 0.15) is 34.6 Å². The van der Waals surface area contributed by atoms with E-state index in [9.17, 15) is 5.11 Å². The Labute approximate surface area is 88.5 Å². The monoisotopic (exact) mass is 202 g/mol. The first-order valence-corrected chi connectivity index (χ1v) is 5.59. The molecular formula is C11H26N2O. The minimum atomic E-state index is -0.320. The lowest BCUT2D eigenvalue weighted by Gasteiger charge is -2.30. The van der Waals surface area contributed by atoms with Crippen molar-refractivity contribution in [1.82, 2.24) is 10.2 Å². The van der Waals surface area contributed by atoms with E-state index in [1.807, 2.05) is 20.8 Å². The summed E-state index contributed by atoms with van der Waals surface area (Å²) < 4.78 is 0. The van der Waals surface area contributed by atoms with Crippen LogP contribution in [0.4, 0.5) is 0 Å². The third kappa shape index (κ3) is 4.94. The van der Waals surface area contributed by atoms with E-state index in [2.05, 4.69) is 24.1 Å². The Morgan fingerprint density at radius 1 is 1.29 bits per heavy atom. The Hall–Kier alpha value is -0.120. The third-order valence-corrected chi connectivity index (χ3v) is 2.95. The summed E-state index contributed by atoms with van der Waals surface area (Å²) in [5.41, 5.74) is -0.187. The van der Waals surface area contributed by atoms with Gasteiger partial charge in [-0.1, -0.05) is 13.8 Å². The van der Waals surface area contributed by atoms with Crippen molar-refractivity contribution < 1.29 is 5.11 Å². The van der Waals surface area contributed by atoms with Gasteiger partial charge in [0, 0.05) is 18.6 Å². The number of aliphatic hydroxyl groups is 1. The Bertz CT molecular complexity index is 142. The number of nitrogens with one attached hydrogen (secondary N) is 1. The molecule has 0 aliphatic heterocycles. The molecule has 0 amide bonds. The van der Waals surface area contributed by atoms with E-state index in [1.54, 1.807) is 0 Å². The number of hydrogen-bond donors (Lipinski definition) is 2. The molecule has 3 nitrogen and oxygen atoms in total. The van der Waals surface area contributed by atoms with Crippen molar-refractivity contribution in [3.63, 3.8) is 0 Å². The van der Waals surface area contributed by atoms with Crippen molar-refractivity contribution in [1.29, 1.82) is 0 Å². The highest BCUT2D eigenvalue weighted by atomic mass is 16.3. The molecule has 0 fully saturated rings. The molecule has 0 rings (SSSR count). The molecule has 3 heteroatoms. The summed E-state index contributed by atoms with van der Waals surface area (Å²) in [7, 11) is 0. The normalized spacial score (nSPS) is 14.8. The number of nitrogens with zero attached hydrogens (tertiary/aromatic N) is 1. The van der Waals surface area contributed by atoms with Crippen LogP contribution in [-0.2, 0) is 0 Å². The van der Waals surface area contributed by atoms with Crippen molar-refractivity contribution in [3.05, 3.63) is 0 Å². The molecule has 0 heterocycles. The first-order chi connectivity index (χ1) is 6.44. The molecule has 1 atom stereocenters. The van der Waals surface area contributed by atoms with Gasteiger partial charge in [0.25, 0.3) is 0 Å². The summed E-state index contributed by atoms with van der Waals surface area (Å²) >= 11 is 0. The first kappa shape index (κ1) is 13.9. The fourth-order valence-corrected chi connectivity index (χ4v) is 1.22. The van der Waals surface area contributed by atoms with Crippen molar-refractivity contribution in [2.45, 2.75) is 46.3 Å². The van der Waals surface area contributed by atoms with Crippen LogP contribution in [0.5, 0.6) is 0 Å². The quantitative estimate of drug-likeness (QED) is 0.648. The van der Waals surface area contributed by atoms with Gasteiger partial charge in [-0.3, -0.25) is 0 Å². The summed E-state index contributed by atoms with van der Waals surface area (Å²) in [6, 6.07) is 0. The molecular weight excluding hydrogens is 176 g/mol. The maximum Gasteiger partial charge on any atom is 0.0688 e. The van der Waals surface area contributed by atoms with Crippen molar-refractivity contribution in [3.8, 4) is 0 Å². The summed E-state index contributed by atoms with van der Waals surface area (Å²) in [6.45, 7) is 14.4. The van der Waals surface area contributed by atoms with Crippen LogP contribution < -0.4 is 5.32 Å². The van der Waals surface area contributed by atoms with Gasteiger partial charge in [-0.25, -0.2) is 0 Å². The van der Waals surface area contributed by atoms with Gasteiger partial charge in [0.05, 0.1) is 6.10 Å². The van der Waals surface area contributed by atoms with E-state index in [0.717, 1.165) is 26.2 Å². The van der Waals surface area contributed by atoms with E-state index >= 15 is 0 Å². The van der Waals surface area contributed by atoms with Crippen LogP contribution in [0.15, 0.2) is 0 Å². The van der Waals surface area contributed by atoms with Gasteiger partial charge in [0.1, 0.15) is 0 Å². The molecule has 0 aromatic heterocycles. The highest BCUT2D eigenvalue weighted by Gasteiger charge is 2.22. The average Bonchev–Trinajstić information content (AvgIpc) is 2.12. The second kappa shape index (κ2) is 6.38. The number of aliphatic hydroxyl groups excluding tert-OH is 1. The zero-order valence-corrected chi connectivity index (χ0v) is 10.3.